The number of nitrogens with zero attached hydrogens (tertiary/aromatic N) is 5. The van der Waals surface area contributed by atoms with Crippen molar-refractivity contribution in [2.75, 3.05) is 26.8 Å². The van der Waals surface area contributed by atoms with E-state index in [0.717, 1.165) is 73.5 Å². The molecule has 0 bridgehead atoms. The van der Waals surface area contributed by atoms with Gasteiger partial charge in [-0.05, 0) is 0 Å². The third-order valence-corrected chi connectivity index (χ3v) is 10.5. The van der Waals surface area contributed by atoms with Crippen molar-refractivity contribution in [3.63, 3.8) is 0 Å². The summed E-state index contributed by atoms with van der Waals surface area (Å²) >= 11 is 6.01. The Labute approximate surface area is 254 Å². The number of esters is 1. The fraction of sp³-hybridized carbons (Fsp3) is 0.400. The van der Waals surface area contributed by atoms with E-state index < -0.39 is 5.82 Å². The number of hydrogen-bond donors (Lipinski definition) is 0. The predicted octanol–water partition coefficient (Wildman–Crippen LogP) is 4.19. The zero-order chi connectivity index (χ0) is 29.1. The number of benzene rings is 2. The molecule has 2 saturated heterocycles. The van der Waals surface area contributed by atoms with Gasteiger partial charge in [0.05, 0.1) is 7.11 Å². The molecule has 0 saturated carbocycles. The van der Waals surface area contributed by atoms with Gasteiger partial charge in [-0.1, -0.05) is 0 Å². The van der Waals surface area contributed by atoms with Crippen molar-refractivity contribution in [1.29, 1.82) is 0 Å². The van der Waals surface area contributed by atoms with Crippen molar-refractivity contribution in [2.45, 2.75) is 49.9 Å². The van der Waals surface area contributed by atoms with Gasteiger partial charge in [-0.25, -0.2) is 0 Å². The Morgan fingerprint density at radius 2 is 1.98 bits per heavy atom. The molecular weight excluding hydrogens is 628 g/mol. The fourth-order valence-corrected chi connectivity index (χ4v) is 7.62. The summed E-state index contributed by atoms with van der Waals surface area (Å²) < 4.78 is 33.5. The molecule has 220 valence electrons. The topological polar surface area (TPSA) is 91.6 Å². The van der Waals surface area contributed by atoms with Crippen LogP contribution < -0.4 is 9.33 Å². The first kappa shape index (κ1) is 29.0. The van der Waals surface area contributed by atoms with Crippen molar-refractivity contribution < 1.29 is 23.4 Å². The molecular formula is C30H31ClFN5O4Se. The summed E-state index contributed by atoms with van der Waals surface area (Å²) in [4.78, 5) is 29.1. The van der Waals surface area contributed by atoms with Gasteiger partial charge in [-0.3, -0.25) is 0 Å². The van der Waals surface area contributed by atoms with Crippen LogP contribution in [0.3, 0.4) is 0 Å². The molecule has 0 unspecified atom stereocenters. The molecule has 0 radical (unpaired) electrons. The quantitative estimate of drug-likeness (QED) is 0.185. The van der Waals surface area contributed by atoms with Crippen LogP contribution in [-0.2, 0) is 29.2 Å². The first-order valence-electron chi connectivity index (χ1n) is 13.9. The number of aromatic nitrogens is 4. The normalized spacial score (nSPS) is 17.7. The SMILES string of the molecule is COC(=O)c1ccc2nc(CN3CCC([Se]c4ccnc(COc5ccc(Cl)cc5F)n4)CC3)n(C[C@@H]3CCO3)c2c1. The van der Waals surface area contributed by atoms with Crippen molar-refractivity contribution in [3.05, 3.63) is 76.7 Å². The summed E-state index contributed by atoms with van der Waals surface area (Å²) in [7, 11) is 1.39. The zero-order valence-corrected chi connectivity index (χ0v) is 25.6. The third kappa shape index (κ3) is 6.76. The number of hydrogen-bond acceptors (Lipinski definition) is 8. The second kappa shape index (κ2) is 13.1. The molecule has 9 nitrogen and oxygen atoms in total. The van der Waals surface area contributed by atoms with E-state index in [9.17, 15) is 9.18 Å². The third-order valence-electron chi connectivity index (χ3n) is 7.55. The van der Waals surface area contributed by atoms with Crippen LogP contribution in [0.1, 0.15) is 41.3 Å². The van der Waals surface area contributed by atoms with E-state index in [-0.39, 0.29) is 39.4 Å². The van der Waals surface area contributed by atoms with E-state index in [0.29, 0.717) is 21.2 Å². The Morgan fingerprint density at radius 3 is 2.71 bits per heavy atom. The molecule has 1 atom stereocenters. The summed E-state index contributed by atoms with van der Waals surface area (Å²) in [6.07, 6.45) is 5.09. The summed E-state index contributed by atoms with van der Waals surface area (Å²) in [5, 5.41) is 0.322. The Kier molecular flexibility index (Phi) is 9.02. The predicted molar refractivity (Wildman–Crippen MR) is 157 cm³/mol. The Balaban J connectivity index is 1.07. The van der Waals surface area contributed by atoms with Gasteiger partial charge in [0.2, 0.25) is 0 Å². The minimum atomic E-state index is -0.507. The van der Waals surface area contributed by atoms with E-state index in [1.54, 1.807) is 18.3 Å². The molecule has 2 aromatic carbocycles. The van der Waals surface area contributed by atoms with Gasteiger partial charge in [0, 0.05) is 0 Å². The average molecular weight is 659 g/mol. The molecule has 2 aromatic heterocycles. The van der Waals surface area contributed by atoms with E-state index in [1.807, 2.05) is 18.2 Å². The van der Waals surface area contributed by atoms with Crippen molar-refractivity contribution in [2.24, 2.45) is 0 Å². The molecule has 0 N–H and O–H groups in total. The molecule has 0 spiro atoms. The Morgan fingerprint density at radius 1 is 1.14 bits per heavy atom. The van der Waals surface area contributed by atoms with Crippen LogP contribution in [0.5, 0.6) is 5.75 Å². The van der Waals surface area contributed by atoms with Crippen LogP contribution in [0.25, 0.3) is 11.0 Å². The molecule has 0 aliphatic carbocycles. The monoisotopic (exact) mass is 659 g/mol. The van der Waals surface area contributed by atoms with Gasteiger partial charge < -0.3 is 0 Å². The van der Waals surface area contributed by atoms with Crippen LogP contribution in [0.4, 0.5) is 4.39 Å². The summed E-state index contributed by atoms with van der Waals surface area (Å²) in [6.45, 7) is 4.29. The number of carbonyl (C=O) groups excluding carboxylic acids is 1. The van der Waals surface area contributed by atoms with Gasteiger partial charge >= 0.3 is 248 Å². The fourth-order valence-electron chi connectivity index (χ4n) is 5.18. The van der Waals surface area contributed by atoms with Crippen molar-refractivity contribution in [1.82, 2.24) is 24.4 Å². The molecule has 2 aliphatic rings. The summed E-state index contributed by atoms with van der Waals surface area (Å²) in [6, 6.07) is 11.8. The molecule has 2 aliphatic heterocycles. The van der Waals surface area contributed by atoms with Crippen molar-refractivity contribution in [3.8, 4) is 5.75 Å². The number of carbonyl (C=O) groups is 1. The maximum atomic E-state index is 14.0. The molecule has 2 fully saturated rings. The van der Waals surface area contributed by atoms with E-state index in [1.165, 1.54) is 19.2 Å². The number of halogens is 2. The zero-order valence-electron chi connectivity index (χ0n) is 23.2. The second-order valence-electron chi connectivity index (χ2n) is 10.4. The maximum absolute atomic E-state index is 14.0. The minimum absolute atomic E-state index is 0.0922. The van der Waals surface area contributed by atoms with Crippen molar-refractivity contribution >= 4 is 48.2 Å². The van der Waals surface area contributed by atoms with Gasteiger partial charge in [-0.15, -0.1) is 0 Å². The van der Waals surface area contributed by atoms with Crippen LogP contribution in [0.2, 0.25) is 9.84 Å². The molecule has 6 rings (SSSR count). The Bertz CT molecular complexity index is 1570. The van der Waals surface area contributed by atoms with E-state index in [2.05, 4.69) is 19.4 Å². The van der Waals surface area contributed by atoms with Gasteiger partial charge in [0.1, 0.15) is 0 Å². The number of fused-ring (bicyclic) bond motifs is 1. The number of imidazole rings is 1. The number of piperidine rings is 1. The molecule has 42 heavy (non-hydrogen) atoms. The van der Waals surface area contributed by atoms with Crippen LogP contribution in [0.15, 0.2) is 48.7 Å². The van der Waals surface area contributed by atoms with Crippen LogP contribution in [0, 0.1) is 5.82 Å². The van der Waals surface area contributed by atoms with Crippen LogP contribution >= 0.6 is 11.6 Å². The van der Waals surface area contributed by atoms with Gasteiger partial charge in [-0.2, -0.15) is 0 Å². The number of ether oxygens (including phenoxy) is 3. The number of rotatable bonds is 10. The summed E-state index contributed by atoms with van der Waals surface area (Å²) in [5.74, 6) is 0.792. The number of methoxy groups -OCH3 is 1. The van der Waals surface area contributed by atoms with Gasteiger partial charge in [0.25, 0.3) is 0 Å². The van der Waals surface area contributed by atoms with Crippen LogP contribution in [-0.4, -0.2) is 78.3 Å². The van der Waals surface area contributed by atoms with E-state index >= 15 is 0 Å². The summed E-state index contributed by atoms with van der Waals surface area (Å²) in [5.41, 5.74) is 2.33. The van der Waals surface area contributed by atoms with Gasteiger partial charge in [0.15, 0.2) is 0 Å². The standard InChI is InChI=1S/C30H31ClFN5O4Se/c1-39-30(38)19-2-4-24-25(14-19)37(16-21-9-13-40-21)28(34-24)17-36-11-7-22(8-12-36)42-29-6-10-33-27(35-29)18-41-26-5-3-20(31)15-23(26)32/h2-6,10,14-15,21-22H,7-9,11-13,16-18H2,1H3/t21-/m0/s1. The van der Waals surface area contributed by atoms with E-state index in [4.69, 9.17) is 30.8 Å². The first-order valence-corrected chi connectivity index (χ1v) is 16.2. The molecule has 4 aromatic rings. The molecule has 0 amide bonds. The number of likely N-dealkylation sites (tertiary alicyclic amines) is 1. The Hall–Kier alpha value is -3.08. The molecule has 4 heterocycles. The second-order valence-corrected chi connectivity index (χ2v) is 13.6. The first-order chi connectivity index (χ1) is 20.4. The average Bonchev–Trinajstić information content (AvgIpc) is 3.31. The molecule has 12 heteroatoms.